The topological polar surface area (TPSA) is 64.4 Å². The minimum atomic E-state index is -0.412. The van der Waals surface area contributed by atoms with E-state index in [0.29, 0.717) is 5.75 Å². The van der Waals surface area contributed by atoms with Crippen molar-refractivity contribution < 1.29 is 9.66 Å². The van der Waals surface area contributed by atoms with Crippen LogP contribution in [0.3, 0.4) is 0 Å². The second kappa shape index (κ2) is 6.58. The summed E-state index contributed by atoms with van der Waals surface area (Å²) in [4.78, 5) is 10.4. The summed E-state index contributed by atoms with van der Waals surface area (Å²) in [6.45, 7) is 2.24. The van der Waals surface area contributed by atoms with Gasteiger partial charge in [-0.3, -0.25) is 10.1 Å². The Hall–Kier alpha value is -2.08. The maximum atomic E-state index is 10.9. The zero-order chi connectivity index (χ0) is 15.4. The molecule has 0 aliphatic rings. The van der Waals surface area contributed by atoms with E-state index in [2.05, 4.69) is 21.2 Å². The van der Waals surface area contributed by atoms with Crippen LogP contribution in [0, 0.1) is 17.0 Å². The average Bonchev–Trinajstić information content (AvgIpc) is 2.46. The number of nitrogens with one attached hydrogen (secondary N) is 1. The summed E-state index contributed by atoms with van der Waals surface area (Å²) in [5.74, 6) is 0.703. The van der Waals surface area contributed by atoms with Crippen LogP contribution in [0.5, 0.6) is 5.75 Å². The summed E-state index contributed by atoms with van der Waals surface area (Å²) < 4.78 is 6.61. The molecular formula is C15H15BrN2O3. The molecule has 2 aromatic carbocycles. The fraction of sp³-hybridized carbons (Fsp3) is 0.200. The van der Waals surface area contributed by atoms with E-state index in [-0.39, 0.29) is 12.3 Å². The molecule has 0 atom stereocenters. The number of benzene rings is 2. The first kappa shape index (κ1) is 15.3. The molecule has 21 heavy (non-hydrogen) atoms. The molecule has 0 heterocycles. The van der Waals surface area contributed by atoms with Gasteiger partial charge in [-0.2, -0.15) is 0 Å². The SMILES string of the molecule is CNc1ccc([N+](=O)[O-])cc1COc1ccc(C)cc1Br. The monoisotopic (exact) mass is 350 g/mol. The number of non-ortho nitro benzene ring substituents is 1. The number of hydrogen-bond donors (Lipinski definition) is 1. The number of hydrogen-bond acceptors (Lipinski definition) is 4. The number of aryl methyl sites for hydroxylation is 1. The fourth-order valence-corrected chi connectivity index (χ4v) is 2.54. The highest BCUT2D eigenvalue weighted by Gasteiger charge is 2.11. The van der Waals surface area contributed by atoms with Crippen LogP contribution in [0.25, 0.3) is 0 Å². The highest BCUT2D eigenvalue weighted by Crippen LogP contribution is 2.28. The number of anilines is 1. The van der Waals surface area contributed by atoms with Gasteiger partial charge in [-0.15, -0.1) is 0 Å². The molecule has 0 amide bonds. The first-order chi connectivity index (χ1) is 10.0. The van der Waals surface area contributed by atoms with Crippen molar-refractivity contribution in [2.75, 3.05) is 12.4 Å². The normalized spacial score (nSPS) is 10.2. The molecule has 2 rings (SSSR count). The number of nitro benzene ring substituents is 1. The molecule has 0 aromatic heterocycles. The Bertz CT molecular complexity index is 674. The van der Waals surface area contributed by atoms with E-state index in [4.69, 9.17) is 4.74 Å². The molecule has 0 aliphatic heterocycles. The molecule has 0 aliphatic carbocycles. The third kappa shape index (κ3) is 3.72. The largest absolute Gasteiger partial charge is 0.488 e. The van der Waals surface area contributed by atoms with Crippen molar-refractivity contribution in [3.63, 3.8) is 0 Å². The van der Waals surface area contributed by atoms with Gasteiger partial charge >= 0.3 is 0 Å². The summed E-state index contributed by atoms with van der Waals surface area (Å²) in [7, 11) is 1.77. The van der Waals surface area contributed by atoms with Crippen LogP contribution in [0.2, 0.25) is 0 Å². The van der Waals surface area contributed by atoms with Crippen molar-refractivity contribution in [2.45, 2.75) is 13.5 Å². The van der Waals surface area contributed by atoms with Gasteiger partial charge in [-0.25, -0.2) is 0 Å². The van der Waals surface area contributed by atoms with Gasteiger partial charge in [0.15, 0.2) is 0 Å². The van der Waals surface area contributed by atoms with Crippen LogP contribution in [0.1, 0.15) is 11.1 Å². The van der Waals surface area contributed by atoms with Crippen molar-refractivity contribution in [2.24, 2.45) is 0 Å². The predicted molar refractivity (Wildman–Crippen MR) is 85.9 cm³/mol. The molecule has 0 bridgehead atoms. The smallest absolute Gasteiger partial charge is 0.269 e. The van der Waals surface area contributed by atoms with Crippen LogP contribution in [-0.4, -0.2) is 12.0 Å². The average molecular weight is 351 g/mol. The summed E-state index contributed by atoms with van der Waals surface area (Å²) in [5, 5.41) is 13.9. The lowest BCUT2D eigenvalue weighted by atomic mass is 10.1. The van der Waals surface area contributed by atoms with Crippen LogP contribution in [-0.2, 0) is 6.61 Å². The number of nitro groups is 1. The minimum absolute atomic E-state index is 0.0515. The Morgan fingerprint density at radius 2 is 2.05 bits per heavy atom. The lowest BCUT2D eigenvalue weighted by Crippen LogP contribution is -2.02. The van der Waals surface area contributed by atoms with Crippen molar-refractivity contribution in [3.8, 4) is 5.75 Å². The summed E-state index contributed by atoms with van der Waals surface area (Å²) in [6.07, 6.45) is 0. The Kier molecular flexibility index (Phi) is 4.80. The quantitative estimate of drug-likeness (QED) is 0.645. The van der Waals surface area contributed by atoms with Crippen molar-refractivity contribution in [1.82, 2.24) is 0 Å². The maximum Gasteiger partial charge on any atom is 0.269 e. The first-order valence-corrected chi connectivity index (χ1v) is 7.14. The van der Waals surface area contributed by atoms with Gasteiger partial charge in [-0.1, -0.05) is 6.07 Å². The van der Waals surface area contributed by atoms with E-state index in [1.165, 1.54) is 12.1 Å². The minimum Gasteiger partial charge on any atom is -0.488 e. The Morgan fingerprint density at radius 3 is 2.67 bits per heavy atom. The molecule has 0 saturated heterocycles. The molecule has 1 N–H and O–H groups in total. The molecule has 2 aromatic rings. The zero-order valence-electron chi connectivity index (χ0n) is 11.7. The van der Waals surface area contributed by atoms with Crippen LogP contribution < -0.4 is 10.1 Å². The zero-order valence-corrected chi connectivity index (χ0v) is 13.3. The highest BCUT2D eigenvalue weighted by atomic mass is 79.9. The molecule has 110 valence electrons. The van der Waals surface area contributed by atoms with E-state index >= 15 is 0 Å². The summed E-state index contributed by atoms with van der Waals surface area (Å²) in [5.41, 5.74) is 2.72. The van der Waals surface area contributed by atoms with E-state index in [1.807, 2.05) is 25.1 Å². The van der Waals surface area contributed by atoms with Gasteiger partial charge in [-0.05, 0) is 46.6 Å². The molecule has 0 unspecified atom stereocenters. The third-order valence-electron chi connectivity index (χ3n) is 3.04. The Balaban J connectivity index is 2.22. The number of rotatable bonds is 5. The van der Waals surface area contributed by atoms with E-state index in [9.17, 15) is 10.1 Å². The lowest BCUT2D eigenvalue weighted by Gasteiger charge is -2.12. The van der Waals surface area contributed by atoms with Crippen molar-refractivity contribution in [3.05, 3.63) is 62.1 Å². The van der Waals surface area contributed by atoms with Crippen molar-refractivity contribution >= 4 is 27.3 Å². The van der Waals surface area contributed by atoms with Gasteiger partial charge in [0, 0.05) is 30.4 Å². The van der Waals surface area contributed by atoms with Crippen LogP contribution in [0.15, 0.2) is 40.9 Å². The molecule has 0 spiro atoms. The summed E-state index contributed by atoms with van der Waals surface area (Å²) in [6, 6.07) is 10.5. The second-order valence-electron chi connectivity index (χ2n) is 4.57. The third-order valence-corrected chi connectivity index (χ3v) is 3.66. The standard InChI is InChI=1S/C15H15BrN2O3/c1-10-3-6-15(13(16)7-10)21-9-11-8-12(18(19)20)4-5-14(11)17-2/h3-8,17H,9H2,1-2H3. The van der Waals surface area contributed by atoms with Gasteiger partial charge in [0.1, 0.15) is 12.4 Å². The van der Waals surface area contributed by atoms with E-state index in [1.54, 1.807) is 13.1 Å². The van der Waals surface area contributed by atoms with E-state index < -0.39 is 4.92 Å². The second-order valence-corrected chi connectivity index (χ2v) is 5.43. The maximum absolute atomic E-state index is 10.9. The number of nitrogens with zero attached hydrogens (tertiary/aromatic N) is 1. The number of halogens is 1. The molecule has 0 radical (unpaired) electrons. The molecule has 0 fully saturated rings. The van der Waals surface area contributed by atoms with Crippen LogP contribution in [0.4, 0.5) is 11.4 Å². The molecule has 0 saturated carbocycles. The number of ether oxygens (including phenoxy) is 1. The fourth-order valence-electron chi connectivity index (χ4n) is 1.94. The molecule has 6 heteroatoms. The predicted octanol–water partition coefficient (Wildman–Crippen LogP) is 4.29. The van der Waals surface area contributed by atoms with Gasteiger partial charge in [0.25, 0.3) is 5.69 Å². The van der Waals surface area contributed by atoms with Gasteiger partial charge in [0.05, 0.1) is 9.40 Å². The van der Waals surface area contributed by atoms with Gasteiger partial charge < -0.3 is 10.1 Å². The Labute approximate surface area is 131 Å². The molecule has 5 nitrogen and oxygen atoms in total. The Morgan fingerprint density at radius 1 is 1.29 bits per heavy atom. The molecular weight excluding hydrogens is 336 g/mol. The van der Waals surface area contributed by atoms with Crippen molar-refractivity contribution in [1.29, 1.82) is 0 Å². The van der Waals surface area contributed by atoms with E-state index in [0.717, 1.165) is 21.3 Å². The summed E-state index contributed by atoms with van der Waals surface area (Å²) >= 11 is 3.45. The highest BCUT2D eigenvalue weighted by molar-refractivity contribution is 9.10. The first-order valence-electron chi connectivity index (χ1n) is 6.35. The van der Waals surface area contributed by atoms with Gasteiger partial charge in [0.2, 0.25) is 0 Å². The van der Waals surface area contributed by atoms with Crippen LogP contribution >= 0.6 is 15.9 Å². The lowest BCUT2D eigenvalue weighted by molar-refractivity contribution is -0.384.